The maximum atomic E-state index is 5.83. The Hall–Kier alpha value is -1.36. The molecule has 1 atom stereocenters. The van der Waals surface area contributed by atoms with Crippen LogP contribution in [0.1, 0.15) is 24.3 Å². The molecule has 1 aromatic heterocycles. The highest BCUT2D eigenvalue weighted by Gasteiger charge is 2.15. The molecule has 0 aliphatic heterocycles. The molecule has 3 N–H and O–H groups in total. The molecule has 0 saturated carbocycles. The van der Waals surface area contributed by atoms with Gasteiger partial charge in [0.05, 0.1) is 6.61 Å². The Labute approximate surface area is 101 Å². The van der Waals surface area contributed by atoms with Crippen molar-refractivity contribution in [2.75, 3.05) is 13.2 Å². The summed E-state index contributed by atoms with van der Waals surface area (Å²) in [5, 5.41) is 1.09. The lowest BCUT2D eigenvalue weighted by Crippen LogP contribution is -2.31. The van der Waals surface area contributed by atoms with E-state index in [-0.39, 0.29) is 6.04 Å². The first-order valence-corrected chi connectivity index (χ1v) is 5.79. The van der Waals surface area contributed by atoms with E-state index in [1.165, 1.54) is 0 Å². The summed E-state index contributed by atoms with van der Waals surface area (Å²) >= 11 is 0. The molecule has 4 heteroatoms. The maximum absolute atomic E-state index is 5.83. The van der Waals surface area contributed by atoms with Crippen LogP contribution in [0.3, 0.4) is 0 Å². The number of nitrogens with one attached hydrogen (secondary N) is 1. The summed E-state index contributed by atoms with van der Waals surface area (Å²) in [6, 6.07) is 7.98. The van der Waals surface area contributed by atoms with Gasteiger partial charge in [-0.1, -0.05) is 18.2 Å². The minimum atomic E-state index is -0.109. The number of hydrogen-bond donors (Lipinski definition) is 2. The van der Waals surface area contributed by atoms with Crippen molar-refractivity contribution < 1.29 is 9.15 Å². The first-order valence-electron chi connectivity index (χ1n) is 5.79. The largest absolute Gasteiger partial charge is 0.459 e. The van der Waals surface area contributed by atoms with E-state index in [0.717, 1.165) is 22.3 Å². The maximum Gasteiger partial charge on any atom is 0.137 e. The van der Waals surface area contributed by atoms with Gasteiger partial charge in [0.1, 0.15) is 17.4 Å². The first kappa shape index (κ1) is 12.1. The smallest absolute Gasteiger partial charge is 0.137 e. The Balaban J connectivity index is 2.31. The van der Waals surface area contributed by atoms with Crippen molar-refractivity contribution in [2.24, 2.45) is 5.84 Å². The van der Waals surface area contributed by atoms with Crippen molar-refractivity contribution >= 4 is 11.0 Å². The molecule has 1 unspecified atom stereocenters. The highest BCUT2D eigenvalue weighted by molar-refractivity contribution is 5.80. The molecule has 1 heterocycles. The first-order chi connectivity index (χ1) is 8.26. The Bertz CT molecular complexity index is 493. The molecule has 0 bridgehead atoms. The van der Waals surface area contributed by atoms with Crippen molar-refractivity contribution in [3.8, 4) is 0 Å². The minimum Gasteiger partial charge on any atom is -0.459 e. The molecule has 92 valence electrons. The van der Waals surface area contributed by atoms with Gasteiger partial charge in [-0.3, -0.25) is 5.84 Å². The van der Waals surface area contributed by atoms with Gasteiger partial charge in [0.25, 0.3) is 0 Å². The lowest BCUT2D eigenvalue weighted by Gasteiger charge is -2.12. The molecule has 0 spiro atoms. The molecule has 0 amide bonds. The highest BCUT2D eigenvalue weighted by Crippen LogP contribution is 2.26. The molecular formula is C13H18N2O2. The Morgan fingerprint density at radius 2 is 2.29 bits per heavy atom. The van der Waals surface area contributed by atoms with Crippen LogP contribution in [-0.2, 0) is 4.74 Å². The normalized spacial score (nSPS) is 13.1. The molecule has 2 rings (SSSR count). The van der Waals surface area contributed by atoms with E-state index in [0.29, 0.717) is 13.2 Å². The van der Waals surface area contributed by atoms with E-state index in [4.69, 9.17) is 15.0 Å². The zero-order valence-corrected chi connectivity index (χ0v) is 10.2. The summed E-state index contributed by atoms with van der Waals surface area (Å²) in [4.78, 5) is 0. The number of benzene rings is 1. The lowest BCUT2D eigenvalue weighted by molar-refractivity contribution is 0.117. The van der Waals surface area contributed by atoms with E-state index >= 15 is 0 Å². The second kappa shape index (κ2) is 5.31. The minimum absolute atomic E-state index is 0.109. The fourth-order valence-electron chi connectivity index (χ4n) is 1.85. The third-order valence-corrected chi connectivity index (χ3v) is 2.79. The van der Waals surface area contributed by atoms with Crippen molar-refractivity contribution in [3.63, 3.8) is 0 Å². The van der Waals surface area contributed by atoms with Crippen LogP contribution >= 0.6 is 0 Å². The quantitative estimate of drug-likeness (QED) is 0.615. The van der Waals surface area contributed by atoms with Gasteiger partial charge in [-0.05, 0) is 25.5 Å². The SMILES string of the molecule is CCOCC(NN)c1cc2cccc(C)c2o1. The van der Waals surface area contributed by atoms with Crippen LogP contribution < -0.4 is 11.3 Å². The van der Waals surface area contributed by atoms with Crippen molar-refractivity contribution in [3.05, 3.63) is 35.6 Å². The Kier molecular flexibility index (Phi) is 3.78. The summed E-state index contributed by atoms with van der Waals surface area (Å²) in [6.45, 7) is 5.16. The van der Waals surface area contributed by atoms with Crippen molar-refractivity contribution in [1.82, 2.24) is 5.43 Å². The van der Waals surface area contributed by atoms with E-state index in [1.54, 1.807) is 0 Å². The third kappa shape index (κ3) is 2.49. The molecule has 0 saturated heterocycles. The summed E-state index contributed by atoms with van der Waals surface area (Å²) in [6.07, 6.45) is 0. The number of furan rings is 1. The predicted molar refractivity (Wildman–Crippen MR) is 67.5 cm³/mol. The molecule has 17 heavy (non-hydrogen) atoms. The average molecular weight is 234 g/mol. The molecule has 2 aromatic rings. The number of rotatable bonds is 5. The van der Waals surface area contributed by atoms with Gasteiger partial charge in [-0.15, -0.1) is 0 Å². The Morgan fingerprint density at radius 3 is 2.94 bits per heavy atom. The lowest BCUT2D eigenvalue weighted by atomic mass is 10.1. The fourth-order valence-corrected chi connectivity index (χ4v) is 1.85. The number of aryl methyl sites for hydroxylation is 1. The molecule has 0 aliphatic rings. The third-order valence-electron chi connectivity index (χ3n) is 2.79. The average Bonchev–Trinajstić information content (AvgIpc) is 2.75. The van der Waals surface area contributed by atoms with Gasteiger partial charge in [0, 0.05) is 12.0 Å². The molecule has 0 radical (unpaired) electrons. The summed E-state index contributed by atoms with van der Waals surface area (Å²) in [5.74, 6) is 6.33. The van der Waals surface area contributed by atoms with Crippen LogP contribution in [0.25, 0.3) is 11.0 Å². The van der Waals surface area contributed by atoms with E-state index < -0.39 is 0 Å². The standard InChI is InChI=1S/C13H18N2O2/c1-3-16-8-11(15-14)12-7-10-6-4-5-9(2)13(10)17-12/h4-7,11,15H,3,8,14H2,1-2H3. The number of para-hydroxylation sites is 1. The van der Waals surface area contributed by atoms with Crippen LogP contribution in [0.15, 0.2) is 28.7 Å². The number of fused-ring (bicyclic) bond motifs is 1. The second-order valence-corrected chi connectivity index (χ2v) is 4.02. The summed E-state index contributed by atoms with van der Waals surface area (Å²) in [5.41, 5.74) is 4.76. The van der Waals surface area contributed by atoms with Crippen LogP contribution in [0.5, 0.6) is 0 Å². The fraction of sp³-hybridized carbons (Fsp3) is 0.385. The van der Waals surface area contributed by atoms with E-state index in [9.17, 15) is 0 Å². The van der Waals surface area contributed by atoms with Gasteiger partial charge in [0.15, 0.2) is 0 Å². The van der Waals surface area contributed by atoms with Gasteiger partial charge in [-0.2, -0.15) is 0 Å². The monoisotopic (exact) mass is 234 g/mol. The predicted octanol–water partition coefficient (Wildman–Crippen LogP) is 2.28. The second-order valence-electron chi connectivity index (χ2n) is 4.02. The number of hydrazine groups is 1. The van der Waals surface area contributed by atoms with Gasteiger partial charge >= 0.3 is 0 Å². The van der Waals surface area contributed by atoms with Gasteiger partial charge in [-0.25, -0.2) is 5.43 Å². The van der Waals surface area contributed by atoms with Crippen LogP contribution in [0.4, 0.5) is 0 Å². The summed E-state index contributed by atoms with van der Waals surface area (Å²) < 4.78 is 11.2. The molecule has 0 aliphatic carbocycles. The number of hydrogen-bond acceptors (Lipinski definition) is 4. The van der Waals surface area contributed by atoms with Crippen LogP contribution in [-0.4, -0.2) is 13.2 Å². The van der Waals surface area contributed by atoms with Crippen LogP contribution in [0.2, 0.25) is 0 Å². The van der Waals surface area contributed by atoms with E-state index in [1.807, 2.05) is 38.1 Å². The summed E-state index contributed by atoms with van der Waals surface area (Å²) in [7, 11) is 0. The molecular weight excluding hydrogens is 216 g/mol. The van der Waals surface area contributed by atoms with Gasteiger partial charge in [0.2, 0.25) is 0 Å². The van der Waals surface area contributed by atoms with E-state index in [2.05, 4.69) is 5.43 Å². The zero-order chi connectivity index (χ0) is 12.3. The highest BCUT2D eigenvalue weighted by atomic mass is 16.5. The Morgan fingerprint density at radius 1 is 1.47 bits per heavy atom. The number of nitrogens with two attached hydrogens (primary N) is 1. The molecule has 4 nitrogen and oxygen atoms in total. The van der Waals surface area contributed by atoms with Crippen LogP contribution in [0, 0.1) is 6.92 Å². The van der Waals surface area contributed by atoms with Crippen molar-refractivity contribution in [1.29, 1.82) is 0 Å². The molecule has 1 aromatic carbocycles. The van der Waals surface area contributed by atoms with Crippen molar-refractivity contribution in [2.45, 2.75) is 19.9 Å². The topological polar surface area (TPSA) is 60.4 Å². The number of ether oxygens (including phenoxy) is 1. The zero-order valence-electron chi connectivity index (χ0n) is 10.2. The van der Waals surface area contributed by atoms with Gasteiger partial charge < -0.3 is 9.15 Å². The molecule has 0 fully saturated rings.